The summed E-state index contributed by atoms with van der Waals surface area (Å²) >= 11 is 0. The molecule has 4 nitrogen and oxygen atoms in total. The molecule has 0 fully saturated rings. The number of aromatic amines is 1. The topological polar surface area (TPSA) is 66.0 Å². The molecule has 0 unspecified atom stereocenters. The molecule has 0 atom stereocenters. The van der Waals surface area contributed by atoms with Gasteiger partial charge in [0.1, 0.15) is 11.5 Å². The number of alkyl halides is 3. The molecular formula is C11H7F3N2O2. The Bertz CT molecular complexity index is 590. The second kappa shape index (κ2) is 4.17. The minimum Gasteiger partial charge on any atom is -0.477 e. The third-order valence-corrected chi connectivity index (χ3v) is 2.29. The molecule has 1 aromatic carbocycles. The van der Waals surface area contributed by atoms with Crippen molar-refractivity contribution in [3.63, 3.8) is 0 Å². The first-order chi connectivity index (χ1) is 8.39. The number of hydrogen-bond acceptors (Lipinski definition) is 2. The zero-order chi connectivity index (χ0) is 13.3. The van der Waals surface area contributed by atoms with Crippen LogP contribution in [0.3, 0.4) is 0 Å². The molecule has 0 radical (unpaired) electrons. The van der Waals surface area contributed by atoms with Crippen molar-refractivity contribution in [1.29, 1.82) is 0 Å². The Morgan fingerprint density at radius 1 is 1.28 bits per heavy atom. The lowest BCUT2D eigenvalue weighted by Crippen LogP contribution is -2.07. The van der Waals surface area contributed by atoms with Crippen molar-refractivity contribution < 1.29 is 23.1 Å². The first kappa shape index (κ1) is 12.2. The van der Waals surface area contributed by atoms with Crippen molar-refractivity contribution in [2.24, 2.45) is 0 Å². The van der Waals surface area contributed by atoms with Crippen LogP contribution in [0.5, 0.6) is 0 Å². The van der Waals surface area contributed by atoms with Crippen molar-refractivity contribution in [3.8, 4) is 11.4 Å². The maximum Gasteiger partial charge on any atom is 0.417 e. The minimum absolute atomic E-state index is 0.125. The standard InChI is InChI=1S/C11H7F3N2O2/c12-11(13,14)7-4-2-1-3-6(7)9-15-5-8(16-9)10(17)18/h1-5H,(H,15,16)(H,17,18). The molecule has 18 heavy (non-hydrogen) atoms. The number of carboxylic acid groups (broad SMARTS) is 1. The zero-order valence-electron chi connectivity index (χ0n) is 8.82. The smallest absolute Gasteiger partial charge is 0.417 e. The molecule has 0 bridgehead atoms. The van der Waals surface area contributed by atoms with E-state index in [4.69, 9.17) is 5.11 Å². The molecule has 2 N–H and O–H groups in total. The Morgan fingerprint density at radius 2 is 1.94 bits per heavy atom. The number of nitrogens with zero attached hydrogens (tertiary/aromatic N) is 1. The van der Waals surface area contributed by atoms with Gasteiger partial charge in [0.05, 0.1) is 11.8 Å². The monoisotopic (exact) mass is 256 g/mol. The van der Waals surface area contributed by atoms with Crippen LogP contribution in [0.2, 0.25) is 0 Å². The number of carbonyl (C=O) groups is 1. The number of halogens is 3. The van der Waals surface area contributed by atoms with E-state index in [9.17, 15) is 18.0 Å². The van der Waals surface area contributed by atoms with Crippen LogP contribution in [0.1, 0.15) is 16.1 Å². The Labute approximate surface area is 99.1 Å². The summed E-state index contributed by atoms with van der Waals surface area (Å²) in [4.78, 5) is 16.6. The number of hydrogen-bond donors (Lipinski definition) is 2. The van der Waals surface area contributed by atoms with Crippen LogP contribution in [-0.4, -0.2) is 21.0 Å². The van der Waals surface area contributed by atoms with Gasteiger partial charge in [-0.1, -0.05) is 18.2 Å². The number of aromatic nitrogens is 2. The third kappa shape index (κ3) is 2.20. The fraction of sp³-hybridized carbons (Fsp3) is 0.0909. The highest BCUT2D eigenvalue weighted by Gasteiger charge is 2.34. The van der Waals surface area contributed by atoms with Gasteiger partial charge >= 0.3 is 12.1 Å². The number of benzene rings is 1. The van der Waals surface area contributed by atoms with E-state index in [1.807, 2.05) is 0 Å². The highest BCUT2D eigenvalue weighted by molar-refractivity contribution is 5.86. The average molecular weight is 256 g/mol. The molecule has 1 aromatic heterocycles. The van der Waals surface area contributed by atoms with Gasteiger partial charge in [-0.3, -0.25) is 0 Å². The molecule has 0 aliphatic rings. The number of nitrogens with one attached hydrogen (secondary N) is 1. The van der Waals surface area contributed by atoms with Crippen LogP contribution in [0.25, 0.3) is 11.4 Å². The van der Waals surface area contributed by atoms with E-state index in [0.717, 1.165) is 12.3 Å². The summed E-state index contributed by atoms with van der Waals surface area (Å²) in [6.07, 6.45) is -3.54. The second-order valence-corrected chi connectivity index (χ2v) is 3.49. The van der Waals surface area contributed by atoms with E-state index in [1.165, 1.54) is 18.2 Å². The van der Waals surface area contributed by atoms with Crippen LogP contribution in [0, 0.1) is 0 Å². The third-order valence-electron chi connectivity index (χ3n) is 2.29. The summed E-state index contributed by atoms with van der Waals surface area (Å²) in [5, 5.41) is 8.68. The van der Waals surface area contributed by atoms with Gasteiger partial charge < -0.3 is 10.1 Å². The Balaban J connectivity index is 2.53. The van der Waals surface area contributed by atoms with Crippen LogP contribution >= 0.6 is 0 Å². The van der Waals surface area contributed by atoms with Gasteiger partial charge in [-0.2, -0.15) is 13.2 Å². The number of imidazole rings is 1. The predicted octanol–water partition coefficient (Wildman–Crippen LogP) is 2.79. The number of rotatable bonds is 2. The highest BCUT2D eigenvalue weighted by atomic mass is 19.4. The molecule has 0 aliphatic carbocycles. The average Bonchev–Trinajstić information content (AvgIpc) is 2.77. The molecule has 94 valence electrons. The van der Waals surface area contributed by atoms with Gasteiger partial charge in [0.25, 0.3) is 0 Å². The molecule has 2 aromatic rings. The molecule has 0 amide bonds. The molecule has 0 saturated carbocycles. The molecule has 2 rings (SSSR count). The minimum atomic E-state index is -4.52. The van der Waals surface area contributed by atoms with Gasteiger partial charge in [-0.15, -0.1) is 0 Å². The lowest BCUT2D eigenvalue weighted by Gasteiger charge is -2.10. The SMILES string of the molecule is O=C(O)c1cnc(-c2ccccc2C(F)(F)F)[nH]1. The molecule has 0 saturated heterocycles. The van der Waals surface area contributed by atoms with Crippen LogP contribution in [-0.2, 0) is 6.18 Å². The van der Waals surface area contributed by atoms with E-state index in [-0.39, 0.29) is 17.1 Å². The highest BCUT2D eigenvalue weighted by Crippen LogP contribution is 2.35. The number of aromatic carboxylic acids is 1. The predicted molar refractivity (Wildman–Crippen MR) is 56.0 cm³/mol. The maximum absolute atomic E-state index is 12.7. The van der Waals surface area contributed by atoms with Gasteiger partial charge in [0.2, 0.25) is 0 Å². The first-order valence-corrected chi connectivity index (χ1v) is 4.84. The van der Waals surface area contributed by atoms with E-state index in [1.54, 1.807) is 0 Å². The largest absolute Gasteiger partial charge is 0.477 e. The molecule has 1 heterocycles. The fourth-order valence-corrected chi connectivity index (χ4v) is 1.50. The Morgan fingerprint density at radius 3 is 2.50 bits per heavy atom. The quantitative estimate of drug-likeness (QED) is 0.868. The van der Waals surface area contributed by atoms with E-state index in [2.05, 4.69) is 9.97 Å². The fourth-order valence-electron chi connectivity index (χ4n) is 1.50. The molecular weight excluding hydrogens is 249 g/mol. The van der Waals surface area contributed by atoms with Gasteiger partial charge in [-0.25, -0.2) is 9.78 Å². The molecule has 0 aliphatic heterocycles. The maximum atomic E-state index is 12.7. The summed E-state index contributed by atoms with van der Waals surface area (Å²) in [6.45, 7) is 0. The van der Waals surface area contributed by atoms with Gasteiger partial charge in [0, 0.05) is 5.56 Å². The second-order valence-electron chi connectivity index (χ2n) is 3.49. The summed E-state index contributed by atoms with van der Waals surface area (Å²) < 4.78 is 38.2. The van der Waals surface area contributed by atoms with Crippen LogP contribution < -0.4 is 0 Å². The summed E-state index contributed by atoms with van der Waals surface area (Å²) in [5.74, 6) is -1.40. The van der Waals surface area contributed by atoms with Crippen molar-refractivity contribution in [2.45, 2.75) is 6.18 Å². The van der Waals surface area contributed by atoms with Crippen LogP contribution in [0.4, 0.5) is 13.2 Å². The Hall–Kier alpha value is -2.31. The summed E-state index contributed by atoms with van der Waals surface area (Å²) in [6, 6.07) is 4.83. The van der Waals surface area contributed by atoms with Crippen molar-refractivity contribution in [2.75, 3.05) is 0 Å². The Kier molecular flexibility index (Phi) is 2.82. The summed E-state index contributed by atoms with van der Waals surface area (Å²) in [7, 11) is 0. The first-order valence-electron chi connectivity index (χ1n) is 4.84. The van der Waals surface area contributed by atoms with Crippen LogP contribution in [0.15, 0.2) is 30.5 Å². The zero-order valence-corrected chi connectivity index (χ0v) is 8.82. The van der Waals surface area contributed by atoms with Gasteiger partial charge in [0.15, 0.2) is 0 Å². The van der Waals surface area contributed by atoms with Gasteiger partial charge in [-0.05, 0) is 6.07 Å². The van der Waals surface area contributed by atoms with Crippen molar-refractivity contribution in [1.82, 2.24) is 9.97 Å². The normalized spacial score (nSPS) is 11.5. The summed E-state index contributed by atoms with van der Waals surface area (Å²) in [5.41, 5.74) is -1.31. The lowest BCUT2D eigenvalue weighted by atomic mass is 10.1. The van der Waals surface area contributed by atoms with E-state index < -0.39 is 17.7 Å². The lowest BCUT2D eigenvalue weighted by molar-refractivity contribution is -0.137. The number of carboxylic acids is 1. The van der Waals surface area contributed by atoms with E-state index in [0.29, 0.717) is 0 Å². The number of H-pyrrole nitrogens is 1. The van der Waals surface area contributed by atoms with Crippen molar-refractivity contribution in [3.05, 3.63) is 41.7 Å². The molecule has 7 heteroatoms. The van der Waals surface area contributed by atoms with Crippen molar-refractivity contribution >= 4 is 5.97 Å². The molecule has 0 spiro atoms. The van der Waals surface area contributed by atoms with E-state index >= 15 is 0 Å².